The summed E-state index contributed by atoms with van der Waals surface area (Å²) >= 11 is 0. The fourth-order valence-electron chi connectivity index (χ4n) is 0.273. The van der Waals surface area contributed by atoms with Gasteiger partial charge in [0.05, 0.1) is 20.4 Å². The molecule has 1 heterocycles. The number of aromatic nitrogens is 4. The minimum absolute atomic E-state index is 0.0259. The highest BCUT2D eigenvalue weighted by Crippen LogP contribution is 1.93. The molecule has 0 fully saturated rings. The van der Waals surface area contributed by atoms with E-state index in [2.05, 4.69) is 21.3 Å². The van der Waals surface area contributed by atoms with Gasteiger partial charge < -0.3 is 20.5 Å². The van der Waals surface area contributed by atoms with Crippen LogP contribution in [0.3, 0.4) is 0 Å². The highest BCUT2D eigenvalue weighted by atomic mass is 16.6. The molecular formula is CH4N6O4. The maximum atomic E-state index is 9.73. The van der Waals surface area contributed by atoms with Crippen molar-refractivity contribution in [2.45, 2.75) is 0 Å². The van der Waals surface area contributed by atoms with Gasteiger partial charge in [-0.05, 0) is 4.92 Å². The zero-order chi connectivity index (χ0) is 8.85. The maximum Gasteiger partial charge on any atom is 0.517 e. The molecule has 0 aliphatic rings. The second kappa shape index (κ2) is 4.08. The van der Waals surface area contributed by atoms with Gasteiger partial charge >= 0.3 is 5.95 Å². The van der Waals surface area contributed by atoms with Crippen LogP contribution in [0.2, 0.25) is 0 Å². The Morgan fingerprint density at radius 3 is 2.36 bits per heavy atom. The van der Waals surface area contributed by atoms with Crippen molar-refractivity contribution in [2.75, 3.05) is 0 Å². The molecule has 1 aromatic heterocycles. The highest BCUT2D eigenvalue weighted by molar-refractivity contribution is 4.91. The van der Waals surface area contributed by atoms with Gasteiger partial charge in [0, 0.05) is 0 Å². The smallest absolute Gasteiger partial charge is 0.390 e. The zero-order valence-electron chi connectivity index (χ0n) is 5.02. The molecule has 4 N–H and O–H groups in total. The van der Waals surface area contributed by atoms with Crippen LogP contribution in [0.25, 0.3) is 0 Å². The van der Waals surface area contributed by atoms with Gasteiger partial charge in [-0.2, -0.15) is 0 Å². The first-order valence-corrected chi connectivity index (χ1v) is 2.09. The van der Waals surface area contributed by atoms with Crippen molar-refractivity contribution in [3.63, 3.8) is 0 Å². The first kappa shape index (κ1) is 9.19. The van der Waals surface area contributed by atoms with Gasteiger partial charge in [-0.15, -0.1) is 0 Å². The van der Waals surface area contributed by atoms with E-state index < -0.39 is 10.9 Å². The molecule has 0 aliphatic heterocycles. The summed E-state index contributed by atoms with van der Waals surface area (Å²) in [5.41, 5.74) is 0. The summed E-state index contributed by atoms with van der Waals surface area (Å²) in [7, 11) is 0. The molecule has 1 rings (SSSR count). The van der Waals surface area contributed by atoms with Crippen LogP contribution in [-0.4, -0.2) is 35.7 Å². The molecule has 0 amide bonds. The molecule has 10 heteroatoms. The van der Waals surface area contributed by atoms with E-state index in [-0.39, 0.29) is 4.96 Å². The Kier molecular flexibility index (Phi) is 3.41. The quantitative estimate of drug-likeness (QED) is 0.248. The summed E-state index contributed by atoms with van der Waals surface area (Å²) in [6.07, 6.45) is 0. The largest absolute Gasteiger partial charge is 0.517 e. The fraction of sp³-hybridized carbons (Fsp3) is 0. The van der Waals surface area contributed by atoms with Crippen LogP contribution in [0.4, 0.5) is 5.95 Å². The minimum atomic E-state index is -0.861. The van der Waals surface area contributed by atoms with E-state index in [1.54, 1.807) is 0 Å². The van der Waals surface area contributed by atoms with Gasteiger partial charge in [-0.1, -0.05) is 0 Å². The summed E-state index contributed by atoms with van der Waals surface area (Å²) in [4.78, 5) is 8.89. The third-order valence-corrected chi connectivity index (χ3v) is 0.556. The van der Waals surface area contributed by atoms with Crippen LogP contribution < -0.4 is 5.90 Å². The van der Waals surface area contributed by atoms with E-state index in [1.165, 1.54) is 0 Å². The lowest BCUT2D eigenvalue weighted by Gasteiger charge is -1.79. The van der Waals surface area contributed by atoms with Gasteiger partial charge in [0.25, 0.3) is 0 Å². The lowest BCUT2D eigenvalue weighted by Crippen LogP contribution is -1.95. The summed E-state index contributed by atoms with van der Waals surface area (Å²) in [5.74, 6) is 2.78. The van der Waals surface area contributed by atoms with Gasteiger partial charge in [-0.25, -0.2) is 5.90 Å². The molecule has 0 bridgehead atoms. The van der Waals surface area contributed by atoms with Crippen LogP contribution in [0.15, 0.2) is 0 Å². The van der Waals surface area contributed by atoms with Crippen molar-refractivity contribution < 1.29 is 15.3 Å². The van der Waals surface area contributed by atoms with Crippen LogP contribution in [0.1, 0.15) is 0 Å². The van der Waals surface area contributed by atoms with Crippen molar-refractivity contribution in [3.05, 3.63) is 10.1 Å². The Morgan fingerprint density at radius 2 is 2.18 bits per heavy atom. The molecule has 1 aromatic rings. The topological polar surface area (TPSA) is 153 Å². The van der Waals surface area contributed by atoms with Crippen LogP contribution >= 0.6 is 0 Å². The minimum Gasteiger partial charge on any atom is -0.390 e. The highest BCUT2D eigenvalue weighted by Gasteiger charge is 2.13. The molecule has 0 radical (unpaired) electrons. The number of nitrogens with two attached hydrogens (primary N) is 1. The summed E-state index contributed by atoms with van der Waals surface area (Å²) in [5, 5.41) is 33.0. The average molecular weight is 164 g/mol. The van der Waals surface area contributed by atoms with Crippen molar-refractivity contribution >= 4 is 5.95 Å². The van der Waals surface area contributed by atoms with E-state index in [4.69, 9.17) is 10.4 Å². The van der Waals surface area contributed by atoms with Crippen molar-refractivity contribution in [2.24, 2.45) is 5.90 Å². The van der Waals surface area contributed by atoms with E-state index >= 15 is 0 Å². The van der Waals surface area contributed by atoms with Crippen molar-refractivity contribution in [1.82, 2.24) is 20.4 Å². The van der Waals surface area contributed by atoms with Gasteiger partial charge in [0.2, 0.25) is 0 Å². The molecule has 0 aliphatic carbocycles. The lowest BCUT2D eigenvalue weighted by atomic mass is 11.1. The summed E-state index contributed by atoms with van der Waals surface area (Å²) < 4.78 is 0. The second-order valence-electron chi connectivity index (χ2n) is 1.11. The Bertz CT molecular complexity index is 230. The van der Waals surface area contributed by atoms with Crippen LogP contribution in [-0.2, 0) is 0 Å². The molecule has 0 atom stereocenters. The monoisotopic (exact) mass is 164 g/mol. The number of nitrogens with zero attached hydrogens (tertiary/aromatic N) is 5. The van der Waals surface area contributed by atoms with E-state index in [0.29, 0.717) is 0 Å². The normalized spacial score (nSPS) is 8.18. The third-order valence-electron chi connectivity index (χ3n) is 0.556. The zero-order valence-corrected chi connectivity index (χ0v) is 5.02. The molecule has 0 unspecified atom stereocenters. The van der Waals surface area contributed by atoms with Gasteiger partial charge in [0.15, 0.2) is 0 Å². The van der Waals surface area contributed by atoms with Gasteiger partial charge in [-0.3, -0.25) is 0 Å². The first-order chi connectivity index (χ1) is 5.20. The molecule has 11 heavy (non-hydrogen) atoms. The molecule has 0 spiro atoms. The number of rotatable bonds is 1. The number of tetrazole rings is 1. The molecular weight excluding hydrogens is 160 g/mol. The number of hydrogen-bond acceptors (Lipinski definition) is 8. The summed E-state index contributed by atoms with van der Waals surface area (Å²) in [6.45, 7) is 0. The predicted octanol–water partition coefficient (Wildman–Crippen LogP) is -1.85. The third kappa shape index (κ3) is 2.51. The Balaban J connectivity index is 0.000000461. The van der Waals surface area contributed by atoms with Crippen LogP contribution in [0.5, 0.6) is 0 Å². The second-order valence-corrected chi connectivity index (χ2v) is 1.11. The number of nitro groups is 1. The Labute approximate surface area is 58.9 Å². The lowest BCUT2D eigenvalue weighted by molar-refractivity contribution is -0.394. The fourth-order valence-corrected chi connectivity index (χ4v) is 0.273. The Morgan fingerprint density at radius 1 is 1.64 bits per heavy atom. The Hall–Kier alpha value is -1.81. The molecule has 0 saturated heterocycles. The molecule has 62 valence electrons. The maximum absolute atomic E-state index is 9.73. The average Bonchev–Trinajstić information content (AvgIpc) is 2.40. The molecule has 0 aromatic carbocycles. The summed E-state index contributed by atoms with van der Waals surface area (Å²) in [6, 6.07) is 0. The predicted molar refractivity (Wildman–Crippen MR) is 27.6 cm³/mol. The van der Waals surface area contributed by atoms with E-state index in [0.717, 1.165) is 0 Å². The SMILES string of the molecule is NO.O=[N+]([O-])c1nnn(O)n1. The van der Waals surface area contributed by atoms with Crippen molar-refractivity contribution in [3.8, 4) is 0 Å². The standard InChI is InChI=1S/CHN5O3.H3NO/c7-5(8)1-2-4-6(9)3-1;1-2/h9H;2H,1H2. The number of hydrogen-bond donors (Lipinski definition) is 3. The van der Waals surface area contributed by atoms with Crippen molar-refractivity contribution in [1.29, 1.82) is 0 Å². The van der Waals surface area contributed by atoms with Gasteiger partial charge in [0.1, 0.15) is 0 Å². The van der Waals surface area contributed by atoms with E-state index in [1.807, 2.05) is 0 Å². The van der Waals surface area contributed by atoms with Crippen LogP contribution in [0, 0.1) is 10.1 Å². The first-order valence-electron chi connectivity index (χ1n) is 2.09. The molecule has 10 nitrogen and oxygen atoms in total. The molecule has 0 saturated carbocycles. The van der Waals surface area contributed by atoms with E-state index in [9.17, 15) is 10.1 Å².